The van der Waals surface area contributed by atoms with Crippen LogP contribution < -0.4 is 11.3 Å². The highest BCUT2D eigenvalue weighted by Crippen LogP contribution is 2.35. The zero-order valence-corrected chi connectivity index (χ0v) is 11.3. The Morgan fingerprint density at radius 2 is 1.65 bits per heavy atom. The monoisotopic (exact) mass is 272 g/mol. The van der Waals surface area contributed by atoms with Gasteiger partial charge in [-0.1, -0.05) is 42.5 Å². The van der Waals surface area contributed by atoms with Gasteiger partial charge in [-0.05, 0) is 42.5 Å². The predicted molar refractivity (Wildman–Crippen MR) is 73.1 cm³/mol. The molecule has 1 aliphatic carbocycles. The number of hydrogen-bond donors (Lipinski definition) is 2. The smallest absolute Gasteiger partial charge is 0.0489 e. The zero-order valence-electron chi connectivity index (χ0n) is 9.76. The summed E-state index contributed by atoms with van der Waals surface area (Å²) >= 11 is 12.1. The first-order chi connectivity index (χ1) is 8.20. The van der Waals surface area contributed by atoms with Crippen molar-refractivity contribution in [2.75, 3.05) is 0 Å². The van der Waals surface area contributed by atoms with E-state index < -0.39 is 0 Å². The van der Waals surface area contributed by atoms with Crippen molar-refractivity contribution in [1.29, 1.82) is 0 Å². The first kappa shape index (κ1) is 13.2. The van der Waals surface area contributed by atoms with Crippen LogP contribution in [0.25, 0.3) is 0 Å². The van der Waals surface area contributed by atoms with E-state index in [1.807, 2.05) is 12.1 Å². The molecular weight excluding hydrogens is 255 g/mol. The maximum atomic E-state index is 6.04. The normalized spacial score (nSPS) is 19.2. The van der Waals surface area contributed by atoms with Crippen LogP contribution in [0.2, 0.25) is 10.0 Å². The summed E-state index contributed by atoms with van der Waals surface area (Å²) in [4.78, 5) is 0. The highest BCUT2D eigenvalue weighted by atomic mass is 35.5. The van der Waals surface area contributed by atoms with Crippen LogP contribution in [0, 0.1) is 5.92 Å². The Bertz CT molecular complexity index is 355. The fourth-order valence-corrected chi connectivity index (χ4v) is 3.27. The zero-order chi connectivity index (χ0) is 12.3. The highest BCUT2D eigenvalue weighted by molar-refractivity contribution is 6.34. The molecule has 0 radical (unpaired) electrons. The number of halogens is 2. The van der Waals surface area contributed by atoms with Crippen molar-refractivity contribution in [3.63, 3.8) is 0 Å². The molecule has 0 heterocycles. The summed E-state index contributed by atoms with van der Waals surface area (Å²) in [5.41, 5.74) is 4.02. The van der Waals surface area contributed by atoms with Gasteiger partial charge in [0, 0.05) is 16.1 Å². The third-order valence-electron chi connectivity index (χ3n) is 3.54. The Kier molecular flexibility index (Phi) is 4.69. The number of rotatable bonds is 3. The van der Waals surface area contributed by atoms with Gasteiger partial charge < -0.3 is 0 Å². The van der Waals surface area contributed by atoms with Crippen LogP contribution in [-0.4, -0.2) is 0 Å². The summed E-state index contributed by atoms with van der Waals surface area (Å²) in [5.74, 6) is 6.29. The van der Waals surface area contributed by atoms with Crippen LogP contribution in [0.1, 0.15) is 43.7 Å². The Hall–Kier alpha value is -0.280. The van der Waals surface area contributed by atoms with Crippen molar-refractivity contribution in [3.05, 3.63) is 33.8 Å². The quantitative estimate of drug-likeness (QED) is 0.643. The summed E-state index contributed by atoms with van der Waals surface area (Å²) in [6, 6.07) is 5.81. The second-order valence-electron chi connectivity index (χ2n) is 4.75. The number of nitrogens with one attached hydrogen (secondary N) is 1. The van der Waals surface area contributed by atoms with Gasteiger partial charge in [-0.15, -0.1) is 0 Å². The first-order valence-electron chi connectivity index (χ1n) is 6.13. The second-order valence-corrected chi connectivity index (χ2v) is 5.62. The second kappa shape index (κ2) is 6.05. The molecule has 1 saturated carbocycles. The summed E-state index contributed by atoms with van der Waals surface area (Å²) in [7, 11) is 0. The fourth-order valence-electron chi connectivity index (χ4n) is 2.73. The maximum absolute atomic E-state index is 6.04. The van der Waals surface area contributed by atoms with Gasteiger partial charge in [-0.25, -0.2) is 0 Å². The first-order valence-corrected chi connectivity index (χ1v) is 6.88. The lowest BCUT2D eigenvalue weighted by Gasteiger charge is -2.30. The Morgan fingerprint density at radius 3 is 2.18 bits per heavy atom. The van der Waals surface area contributed by atoms with Crippen molar-refractivity contribution in [3.8, 4) is 0 Å². The number of hydrogen-bond acceptors (Lipinski definition) is 2. The van der Waals surface area contributed by atoms with E-state index in [1.54, 1.807) is 6.07 Å². The van der Waals surface area contributed by atoms with Gasteiger partial charge in [0.1, 0.15) is 0 Å². The topological polar surface area (TPSA) is 38.0 Å². The minimum atomic E-state index is 0.159. The third kappa shape index (κ3) is 3.35. The van der Waals surface area contributed by atoms with E-state index in [1.165, 1.54) is 32.1 Å². The summed E-state index contributed by atoms with van der Waals surface area (Å²) in [6.45, 7) is 0. The van der Waals surface area contributed by atoms with Crippen molar-refractivity contribution in [2.45, 2.75) is 38.1 Å². The average molecular weight is 273 g/mol. The number of nitrogens with two attached hydrogens (primary N) is 1. The molecule has 3 N–H and O–H groups in total. The van der Waals surface area contributed by atoms with Gasteiger partial charge in [-0.3, -0.25) is 11.3 Å². The van der Waals surface area contributed by atoms with Gasteiger partial charge in [0.15, 0.2) is 0 Å². The average Bonchev–Trinajstić information content (AvgIpc) is 2.30. The van der Waals surface area contributed by atoms with E-state index >= 15 is 0 Å². The standard InChI is InChI=1S/C13H18Cl2N2/c14-11-6-10(7-12(15)8-11)13(17-16)9-4-2-1-3-5-9/h6-9,13,17H,1-5,16H2. The van der Waals surface area contributed by atoms with E-state index in [0.717, 1.165) is 5.56 Å². The largest absolute Gasteiger partial charge is 0.271 e. The molecule has 0 aliphatic heterocycles. The van der Waals surface area contributed by atoms with E-state index in [9.17, 15) is 0 Å². The molecule has 1 aliphatic rings. The lowest BCUT2D eigenvalue weighted by molar-refractivity contribution is 0.273. The van der Waals surface area contributed by atoms with Crippen LogP contribution in [0.15, 0.2) is 18.2 Å². The molecule has 2 nitrogen and oxygen atoms in total. The molecule has 94 valence electrons. The lowest BCUT2D eigenvalue weighted by Crippen LogP contribution is -2.34. The summed E-state index contributed by atoms with van der Waals surface area (Å²) in [6.07, 6.45) is 6.36. The van der Waals surface area contributed by atoms with E-state index in [4.69, 9.17) is 29.0 Å². The molecule has 1 aromatic carbocycles. The van der Waals surface area contributed by atoms with Crippen molar-refractivity contribution < 1.29 is 0 Å². The third-order valence-corrected chi connectivity index (χ3v) is 3.98. The molecule has 1 fully saturated rings. The Morgan fingerprint density at radius 1 is 1.06 bits per heavy atom. The minimum Gasteiger partial charge on any atom is -0.271 e. The van der Waals surface area contributed by atoms with Crippen LogP contribution in [0.3, 0.4) is 0 Å². The Labute approximate surface area is 112 Å². The van der Waals surface area contributed by atoms with Gasteiger partial charge in [-0.2, -0.15) is 0 Å². The van der Waals surface area contributed by atoms with Gasteiger partial charge >= 0.3 is 0 Å². The molecule has 1 aromatic rings. The molecule has 1 atom stereocenters. The minimum absolute atomic E-state index is 0.159. The molecule has 0 amide bonds. The molecule has 2 rings (SSSR count). The number of benzene rings is 1. The van der Waals surface area contributed by atoms with Gasteiger partial charge in [0.05, 0.1) is 0 Å². The van der Waals surface area contributed by atoms with Crippen molar-refractivity contribution >= 4 is 23.2 Å². The Balaban J connectivity index is 2.21. The molecule has 4 heteroatoms. The molecule has 0 bridgehead atoms. The van der Waals surface area contributed by atoms with Crippen molar-refractivity contribution in [2.24, 2.45) is 11.8 Å². The summed E-state index contributed by atoms with van der Waals surface area (Å²) < 4.78 is 0. The van der Waals surface area contributed by atoms with Gasteiger partial charge in [0.2, 0.25) is 0 Å². The predicted octanol–water partition coefficient (Wildman–Crippen LogP) is 4.08. The fraction of sp³-hybridized carbons (Fsp3) is 0.538. The van der Waals surface area contributed by atoms with E-state index in [2.05, 4.69) is 5.43 Å². The van der Waals surface area contributed by atoms with Gasteiger partial charge in [0.25, 0.3) is 0 Å². The molecule has 0 spiro atoms. The molecule has 0 saturated heterocycles. The molecule has 1 unspecified atom stereocenters. The molecule has 0 aromatic heterocycles. The van der Waals surface area contributed by atoms with E-state index in [0.29, 0.717) is 16.0 Å². The SMILES string of the molecule is NNC(c1cc(Cl)cc(Cl)c1)C1CCCCC1. The van der Waals surface area contributed by atoms with Crippen molar-refractivity contribution in [1.82, 2.24) is 5.43 Å². The summed E-state index contributed by atoms with van der Waals surface area (Å²) in [5, 5.41) is 1.34. The van der Waals surface area contributed by atoms with Crippen LogP contribution in [0.4, 0.5) is 0 Å². The maximum Gasteiger partial charge on any atom is 0.0489 e. The highest BCUT2D eigenvalue weighted by Gasteiger charge is 2.24. The van der Waals surface area contributed by atoms with E-state index in [-0.39, 0.29) is 6.04 Å². The number of hydrazine groups is 1. The van der Waals surface area contributed by atoms with Crippen LogP contribution >= 0.6 is 23.2 Å². The van der Waals surface area contributed by atoms with Crippen LogP contribution in [0.5, 0.6) is 0 Å². The molecular formula is C13H18Cl2N2. The lowest BCUT2D eigenvalue weighted by atomic mass is 9.81. The van der Waals surface area contributed by atoms with Crippen LogP contribution in [-0.2, 0) is 0 Å². The molecule has 17 heavy (non-hydrogen) atoms.